The molecule has 0 aromatic heterocycles. The van der Waals surface area contributed by atoms with E-state index < -0.39 is 0 Å². The molecule has 0 saturated carbocycles. The number of hydrogen-bond acceptors (Lipinski definition) is 4. The number of carbonyl (C=O) groups excluding carboxylic acids is 1. The molecule has 1 aromatic carbocycles. The molecule has 1 amide bonds. The summed E-state index contributed by atoms with van der Waals surface area (Å²) in [5, 5.41) is 15.1. The van der Waals surface area contributed by atoms with Gasteiger partial charge in [-0.15, -0.1) is 0 Å². The Morgan fingerprint density at radius 2 is 2.25 bits per heavy atom. The molecule has 1 saturated heterocycles. The Morgan fingerprint density at radius 1 is 1.50 bits per heavy atom. The molecule has 0 spiro atoms. The summed E-state index contributed by atoms with van der Waals surface area (Å²) in [5.74, 6) is -0.0728. The van der Waals surface area contributed by atoms with Gasteiger partial charge in [0.15, 0.2) is 0 Å². The third-order valence-electron chi connectivity index (χ3n) is 3.50. The molecule has 106 valence electrons. The minimum atomic E-state index is -0.225. The molecule has 1 aliphatic heterocycles. The van der Waals surface area contributed by atoms with E-state index >= 15 is 0 Å². The fraction of sp³-hybridized carbons (Fsp3) is 0.467. The van der Waals surface area contributed by atoms with E-state index in [4.69, 9.17) is 5.26 Å². The van der Waals surface area contributed by atoms with Gasteiger partial charge in [0, 0.05) is 25.3 Å². The minimum Gasteiger partial charge on any atom is -0.325 e. The highest BCUT2D eigenvalue weighted by Gasteiger charge is 2.23. The summed E-state index contributed by atoms with van der Waals surface area (Å²) < 4.78 is 0. The number of aryl methyl sites for hydroxylation is 1. The van der Waals surface area contributed by atoms with Crippen molar-refractivity contribution in [2.75, 3.05) is 31.5 Å². The zero-order valence-electron chi connectivity index (χ0n) is 11.7. The van der Waals surface area contributed by atoms with Gasteiger partial charge in [0.05, 0.1) is 12.6 Å². The lowest BCUT2D eigenvalue weighted by atomic mass is 10.1. The molecule has 2 N–H and O–H groups in total. The van der Waals surface area contributed by atoms with Crippen molar-refractivity contribution in [3.63, 3.8) is 0 Å². The van der Waals surface area contributed by atoms with Crippen LogP contribution in [0.1, 0.15) is 12.5 Å². The van der Waals surface area contributed by atoms with Crippen molar-refractivity contribution in [2.45, 2.75) is 19.4 Å². The summed E-state index contributed by atoms with van der Waals surface area (Å²) in [5.41, 5.74) is 2.05. The van der Waals surface area contributed by atoms with Crippen LogP contribution in [-0.4, -0.2) is 43.0 Å². The topological polar surface area (TPSA) is 68.2 Å². The van der Waals surface area contributed by atoms with E-state index in [2.05, 4.69) is 23.6 Å². The van der Waals surface area contributed by atoms with E-state index in [-0.39, 0.29) is 18.5 Å². The van der Waals surface area contributed by atoms with Gasteiger partial charge < -0.3 is 10.6 Å². The van der Waals surface area contributed by atoms with Crippen LogP contribution in [0.3, 0.4) is 0 Å². The zero-order chi connectivity index (χ0) is 14.4. The van der Waals surface area contributed by atoms with Crippen molar-refractivity contribution in [3.8, 4) is 6.07 Å². The first-order chi connectivity index (χ1) is 9.72. The number of hydrogen-bond donors (Lipinski definition) is 2. The van der Waals surface area contributed by atoms with Crippen molar-refractivity contribution < 1.29 is 4.79 Å². The maximum atomic E-state index is 12.0. The Morgan fingerprint density at radius 3 is 2.90 bits per heavy atom. The normalized spacial score (nSPS) is 19.3. The molecule has 20 heavy (non-hydrogen) atoms. The first-order valence-electron chi connectivity index (χ1n) is 6.96. The molecule has 5 nitrogen and oxygen atoms in total. The fourth-order valence-corrected chi connectivity index (χ4v) is 2.27. The molecule has 2 rings (SSSR count). The monoisotopic (exact) mass is 272 g/mol. The number of carbonyl (C=O) groups is 1. The van der Waals surface area contributed by atoms with Gasteiger partial charge in [-0.05, 0) is 24.1 Å². The van der Waals surface area contributed by atoms with E-state index in [1.165, 1.54) is 5.56 Å². The largest absolute Gasteiger partial charge is 0.325 e. The second-order valence-electron chi connectivity index (χ2n) is 4.92. The first-order valence-corrected chi connectivity index (χ1v) is 6.96. The third-order valence-corrected chi connectivity index (χ3v) is 3.50. The summed E-state index contributed by atoms with van der Waals surface area (Å²) in [6, 6.07) is 9.85. The Kier molecular flexibility index (Phi) is 5.10. The molecule has 5 heteroatoms. The Balaban J connectivity index is 1.89. The molecule has 0 aliphatic carbocycles. The first kappa shape index (κ1) is 14.5. The molecule has 0 radical (unpaired) electrons. The van der Waals surface area contributed by atoms with Gasteiger partial charge in [0.25, 0.3) is 0 Å². The average molecular weight is 272 g/mol. The van der Waals surface area contributed by atoms with Crippen LogP contribution in [-0.2, 0) is 11.2 Å². The van der Waals surface area contributed by atoms with Gasteiger partial charge in [0.1, 0.15) is 6.04 Å². The lowest BCUT2D eigenvalue weighted by Gasteiger charge is -2.31. The molecule has 1 unspecified atom stereocenters. The Labute approximate surface area is 119 Å². The summed E-state index contributed by atoms with van der Waals surface area (Å²) in [7, 11) is 0. The predicted molar refractivity (Wildman–Crippen MR) is 78.3 cm³/mol. The van der Waals surface area contributed by atoms with Crippen molar-refractivity contribution in [3.05, 3.63) is 29.8 Å². The van der Waals surface area contributed by atoms with Crippen LogP contribution in [0.5, 0.6) is 0 Å². The standard InChI is InChI=1S/C15H20N4O/c1-2-12-3-5-13(6-4-12)18-15(20)11-19-8-7-17-10-14(19)9-16/h3-6,14,17H,2,7-8,10-11H2,1H3,(H,18,20). The van der Waals surface area contributed by atoms with Crippen LogP contribution in [0.4, 0.5) is 5.69 Å². The predicted octanol–water partition coefficient (Wildman–Crippen LogP) is 0.985. The van der Waals surface area contributed by atoms with Gasteiger partial charge in [-0.25, -0.2) is 0 Å². The van der Waals surface area contributed by atoms with Crippen LogP contribution in [0.15, 0.2) is 24.3 Å². The molecular formula is C15H20N4O. The van der Waals surface area contributed by atoms with Crippen molar-refractivity contribution in [1.82, 2.24) is 10.2 Å². The number of nitrogens with one attached hydrogen (secondary N) is 2. The molecule has 1 fully saturated rings. The quantitative estimate of drug-likeness (QED) is 0.857. The number of piperazine rings is 1. The number of benzene rings is 1. The number of nitrogens with zero attached hydrogens (tertiary/aromatic N) is 2. The molecule has 1 aliphatic rings. The number of nitriles is 1. The summed E-state index contributed by atoms with van der Waals surface area (Å²) in [4.78, 5) is 13.9. The van der Waals surface area contributed by atoms with Gasteiger partial charge in [0.2, 0.25) is 5.91 Å². The molecule has 1 atom stereocenters. The smallest absolute Gasteiger partial charge is 0.238 e. The zero-order valence-corrected chi connectivity index (χ0v) is 11.7. The Hall–Kier alpha value is -1.90. The number of amides is 1. The summed E-state index contributed by atoms with van der Waals surface area (Å²) in [6.45, 7) is 4.52. The maximum absolute atomic E-state index is 12.0. The highest BCUT2D eigenvalue weighted by atomic mass is 16.2. The number of rotatable bonds is 4. The van der Waals surface area contributed by atoms with Crippen LogP contribution >= 0.6 is 0 Å². The van der Waals surface area contributed by atoms with Crippen LogP contribution < -0.4 is 10.6 Å². The SMILES string of the molecule is CCc1ccc(NC(=O)CN2CCNCC2C#N)cc1. The lowest BCUT2D eigenvalue weighted by Crippen LogP contribution is -2.52. The summed E-state index contributed by atoms with van der Waals surface area (Å²) in [6.07, 6.45) is 0.985. The molecule has 1 heterocycles. The third kappa shape index (κ3) is 3.80. The van der Waals surface area contributed by atoms with Crippen molar-refractivity contribution in [2.24, 2.45) is 0 Å². The van der Waals surface area contributed by atoms with Crippen molar-refractivity contribution in [1.29, 1.82) is 5.26 Å². The fourth-order valence-electron chi connectivity index (χ4n) is 2.27. The number of anilines is 1. The summed E-state index contributed by atoms with van der Waals surface area (Å²) >= 11 is 0. The van der Waals surface area contributed by atoms with Gasteiger partial charge in [-0.1, -0.05) is 19.1 Å². The second kappa shape index (κ2) is 7.04. The molecule has 0 bridgehead atoms. The average Bonchev–Trinajstić information content (AvgIpc) is 2.48. The van der Waals surface area contributed by atoms with E-state index in [0.29, 0.717) is 6.54 Å². The van der Waals surface area contributed by atoms with Gasteiger partial charge in [-0.2, -0.15) is 5.26 Å². The van der Waals surface area contributed by atoms with E-state index in [9.17, 15) is 4.79 Å². The lowest BCUT2D eigenvalue weighted by molar-refractivity contribution is -0.117. The van der Waals surface area contributed by atoms with Crippen LogP contribution in [0.25, 0.3) is 0 Å². The second-order valence-corrected chi connectivity index (χ2v) is 4.92. The highest BCUT2D eigenvalue weighted by molar-refractivity contribution is 5.92. The van der Waals surface area contributed by atoms with E-state index in [1.807, 2.05) is 29.2 Å². The van der Waals surface area contributed by atoms with E-state index in [0.717, 1.165) is 25.2 Å². The minimum absolute atomic E-state index is 0.0728. The van der Waals surface area contributed by atoms with E-state index in [1.54, 1.807) is 0 Å². The van der Waals surface area contributed by atoms with Gasteiger partial charge >= 0.3 is 0 Å². The van der Waals surface area contributed by atoms with Crippen LogP contribution in [0.2, 0.25) is 0 Å². The van der Waals surface area contributed by atoms with Gasteiger partial charge in [-0.3, -0.25) is 9.69 Å². The highest BCUT2D eigenvalue weighted by Crippen LogP contribution is 2.10. The van der Waals surface area contributed by atoms with Crippen molar-refractivity contribution >= 4 is 11.6 Å². The van der Waals surface area contributed by atoms with Crippen LogP contribution in [0, 0.1) is 11.3 Å². The molecular weight excluding hydrogens is 252 g/mol. The molecule has 1 aromatic rings. The maximum Gasteiger partial charge on any atom is 0.238 e. The Bertz CT molecular complexity index is 492.